The highest BCUT2D eigenvalue weighted by Crippen LogP contribution is 2.28. The molecule has 7 heteroatoms. The van der Waals surface area contributed by atoms with Crippen molar-refractivity contribution in [3.05, 3.63) is 65.7 Å². The molecule has 0 saturated carbocycles. The van der Waals surface area contributed by atoms with Gasteiger partial charge in [0.25, 0.3) is 5.91 Å². The van der Waals surface area contributed by atoms with Crippen molar-refractivity contribution in [1.82, 2.24) is 19.9 Å². The predicted octanol–water partition coefficient (Wildman–Crippen LogP) is 3.76. The predicted molar refractivity (Wildman–Crippen MR) is 123 cm³/mol. The number of hydrogen-bond donors (Lipinski definition) is 2. The highest BCUT2D eigenvalue weighted by molar-refractivity contribution is 6.10. The summed E-state index contributed by atoms with van der Waals surface area (Å²) in [4.78, 5) is 22.6. The van der Waals surface area contributed by atoms with E-state index in [1.165, 1.54) is 0 Å². The van der Waals surface area contributed by atoms with Crippen LogP contribution in [0.3, 0.4) is 0 Å². The number of carbonyl (C=O) groups excluding carboxylic acids is 1. The number of nitrogen functional groups attached to an aromatic ring is 1. The highest BCUT2D eigenvalue weighted by atomic mass is 16.5. The average molecular weight is 418 g/mol. The maximum Gasteiger partial charge on any atom is 0.257 e. The second kappa shape index (κ2) is 9.14. The Labute approximate surface area is 181 Å². The maximum atomic E-state index is 13.1. The average Bonchev–Trinajstić information content (AvgIpc) is 3.03. The Morgan fingerprint density at radius 3 is 2.45 bits per heavy atom. The van der Waals surface area contributed by atoms with Crippen molar-refractivity contribution >= 4 is 33.9 Å². The Kier molecular flexibility index (Phi) is 6.13. The minimum absolute atomic E-state index is 0.172. The van der Waals surface area contributed by atoms with E-state index in [-0.39, 0.29) is 12.0 Å². The van der Waals surface area contributed by atoms with Crippen molar-refractivity contribution in [2.45, 2.75) is 32.9 Å². The number of aromatic nitrogens is 3. The fourth-order valence-electron chi connectivity index (χ4n) is 3.55. The Bertz CT molecular complexity index is 1200. The van der Waals surface area contributed by atoms with Crippen LogP contribution in [0.25, 0.3) is 22.2 Å². The smallest absolute Gasteiger partial charge is 0.257 e. The number of rotatable bonds is 8. The van der Waals surface area contributed by atoms with Gasteiger partial charge in [-0.1, -0.05) is 42.5 Å². The topological polar surface area (TPSA) is 95.1 Å². The second-order valence-electron chi connectivity index (χ2n) is 7.75. The van der Waals surface area contributed by atoms with E-state index in [2.05, 4.69) is 5.32 Å². The summed E-state index contributed by atoms with van der Waals surface area (Å²) in [5, 5.41) is 2.95. The van der Waals surface area contributed by atoms with Crippen LogP contribution in [0.2, 0.25) is 0 Å². The molecule has 0 atom stereocenters. The van der Waals surface area contributed by atoms with Gasteiger partial charge in [0.15, 0.2) is 5.65 Å². The number of anilines is 1. The third kappa shape index (κ3) is 4.51. The number of hydrogen-bond acceptors (Lipinski definition) is 5. The molecule has 31 heavy (non-hydrogen) atoms. The number of ether oxygens (including phenoxy) is 1. The van der Waals surface area contributed by atoms with Gasteiger partial charge in [-0.15, -0.1) is 0 Å². The maximum absolute atomic E-state index is 13.1. The van der Waals surface area contributed by atoms with Crippen molar-refractivity contribution in [2.24, 2.45) is 0 Å². The quantitative estimate of drug-likeness (QED) is 0.426. The molecule has 0 aliphatic heterocycles. The van der Waals surface area contributed by atoms with Crippen LogP contribution in [0.5, 0.6) is 0 Å². The minimum Gasteiger partial charge on any atom is -0.384 e. The number of amides is 1. The van der Waals surface area contributed by atoms with E-state index >= 15 is 0 Å². The summed E-state index contributed by atoms with van der Waals surface area (Å²) in [5.74, 6) is 0.119. The molecule has 160 valence electrons. The van der Waals surface area contributed by atoms with Crippen LogP contribution < -0.4 is 11.1 Å². The summed E-state index contributed by atoms with van der Waals surface area (Å²) in [6, 6.07) is 17.6. The van der Waals surface area contributed by atoms with Crippen LogP contribution in [0.15, 0.2) is 54.6 Å². The lowest BCUT2D eigenvalue weighted by Crippen LogP contribution is -2.26. The van der Waals surface area contributed by atoms with Gasteiger partial charge < -0.3 is 20.4 Å². The first-order chi connectivity index (χ1) is 15.0. The molecule has 0 unspecified atom stereocenters. The molecular weight excluding hydrogens is 390 g/mol. The van der Waals surface area contributed by atoms with E-state index in [4.69, 9.17) is 20.4 Å². The number of carbonyl (C=O) groups is 1. The van der Waals surface area contributed by atoms with Gasteiger partial charge in [0.2, 0.25) is 0 Å². The highest BCUT2D eigenvalue weighted by Gasteiger charge is 2.23. The summed E-state index contributed by atoms with van der Waals surface area (Å²) < 4.78 is 7.40. The lowest BCUT2D eigenvalue weighted by molar-refractivity contribution is 0.0757. The summed E-state index contributed by atoms with van der Waals surface area (Å²) >= 11 is 0. The van der Waals surface area contributed by atoms with Gasteiger partial charge in [-0.05, 0) is 38.0 Å². The standard InChI is InChI=1S/C24H27N5O2/c1-16(2)31-14-8-13-26-24(30)20-21-23(28-19-12-7-6-11-18(19)27-21)29(22(20)25)15-17-9-4-3-5-10-17/h3-7,9-12,16H,8,13-15,25H2,1-2H3,(H,26,30). The van der Waals surface area contributed by atoms with E-state index in [1.54, 1.807) is 0 Å². The molecule has 0 bridgehead atoms. The Morgan fingerprint density at radius 1 is 1.06 bits per heavy atom. The van der Waals surface area contributed by atoms with Crippen LogP contribution in [0.1, 0.15) is 36.2 Å². The fraction of sp³-hybridized carbons (Fsp3) is 0.292. The van der Waals surface area contributed by atoms with Crippen LogP contribution in [-0.4, -0.2) is 39.7 Å². The zero-order chi connectivity index (χ0) is 21.8. The van der Waals surface area contributed by atoms with Crippen LogP contribution in [0.4, 0.5) is 5.82 Å². The van der Waals surface area contributed by atoms with E-state index in [0.717, 1.165) is 23.0 Å². The number of nitrogens with two attached hydrogens (primary N) is 1. The van der Waals surface area contributed by atoms with Crippen molar-refractivity contribution in [2.75, 3.05) is 18.9 Å². The van der Waals surface area contributed by atoms with Crippen molar-refractivity contribution in [1.29, 1.82) is 0 Å². The third-order valence-electron chi connectivity index (χ3n) is 5.06. The molecule has 0 spiro atoms. The van der Waals surface area contributed by atoms with Gasteiger partial charge in [-0.2, -0.15) is 0 Å². The number of nitrogens with zero attached hydrogens (tertiary/aromatic N) is 3. The van der Waals surface area contributed by atoms with Crippen molar-refractivity contribution in [3.8, 4) is 0 Å². The van der Waals surface area contributed by atoms with Crippen LogP contribution in [-0.2, 0) is 11.3 Å². The van der Waals surface area contributed by atoms with Gasteiger partial charge in [0.05, 0.1) is 23.7 Å². The molecule has 0 aliphatic rings. The zero-order valence-corrected chi connectivity index (χ0v) is 17.8. The zero-order valence-electron chi connectivity index (χ0n) is 17.8. The number of nitrogens with one attached hydrogen (secondary N) is 1. The van der Waals surface area contributed by atoms with Gasteiger partial charge in [-0.3, -0.25) is 4.79 Å². The van der Waals surface area contributed by atoms with Gasteiger partial charge >= 0.3 is 0 Å². The normalized spacial score (nSPS) is 11.5. The molecule has 7 nitrogen and oxygen atoms in total. The summed E-state index contributed by atoms with van der Waals surface area (Å²) in [7, 11) is 0. The minimum atomic E-state index is -0.247. The number of fused-ring (bicyclic) bond motifs is 2. The van der Waals surface area contributed by atoms with Crippen molar-refractivity contribution < 1.29 is 9.53 Å². The molecule has 2 aromatic heterocycles. The molecule has 4 rings (SSSR count). The van der Waals surface area contributed by atoms with E-state index in [1.807, 2.05) is 73.0 Å². The molecule has 2 heterocycles. The molecule has 0 aliphatic carbocycles. The van der Waals surface area contributed by atoms with Crippen molar-refractivity contribution in [3.63, 3.8) is 0 Å². The Morgan fingerprint density at radius 2 is 1.74 bits per heavy atom. The number of para-hydroxylation sites is 2. The van der Waals surface area contributed by atoms with Gasteiger partial charge in [0.1, 0.15) is 16.9 Å². The van der Waals surface area contributed by atoms with Gasteiger partial charge in [-0.25, -0.2) is 9.97 Å². The first kappa shape index (κ1) is 20.8. The largest absolute Gasteiger partial charge is 0.384 e. The van der Waals surface area contributed by atoms with E-state index < -0.39 is 0 Å². The molecular formula is C24H27N5O2. The fourth-order valence-corrected chi connectivity index (χ4v) is 3.55. The molecule has 0 radical (unpaired) electrons. The van der Waals surface area contributed by atoms with Crippen LogP contribution >= 0.6 is 0 Å². The molecule has 1 amide bonds. The monoisotopic (exact) mass is 417 g/mol. The van der Waals surface area contributed by atoms with Crippen LogP contribution in [0, 0.1) is 0 Å². The Balaban J connectivity index is 1.70. The summed E-state index contributed by atoms with van der Waals surface area (Å²) in [6.45, 7) is 5.57. The summed E-state index contributed by atoms with van der Waals surface area (Å²) in [5.41, 5.74) is 10.5. The molecule has 4 aromatic rings. The lowest BCUT2D eigenvalue weighted by atomic mass is 10.2. The second-order valence-corrected chi connectivity index (χ2v) is 7.75. The van der Waals surface area contributed by atoms with E-state index in [0.29, 0.717) is 42.2 Å². The molecule has 0 fully saturated rings. The molecule has 0 saturated heterocycles. The number of benzene rings is 2. The SMILES string of the molecule is CC(C)OCCCNC(=O)c1c(N)n(Cc2ccccc2)c2nc3ccccc3nc12. The third-order valence-corrected chi connectivity index (χ3v) is 5.06. The first-order valence-electron chi connectivity index (χ1n) is 10.5. The Hall–Kier alpha value is -3.45. The lowest BCUT2D eigenvalue weighted by Gasteiger charge is -2.09. The summed E-state index contributed by atoms with van der Waals surface area (Å²) in [6.07, 6.45) is 0.895. The molecule has 2 aromatic carbocycles. The van der Waals surface area contributed by atoms with Gasteiger partial charge in [0, 0.05) is 13.2 Å². The molecule has 3 N–H and O–H groups in total. The van der Waals surface area contributed by atoms with E-state index in [9.17, 15) is 4.79 Å². The first-order valence-corrected chi connectivity index (χ1v) is 10.5.